The molecular formula is C15H32N2O. The Kier molecular flexibility index (Phi) is 7.87. The maximum atomic E-state index is 8.94. The molecule has 108 valence electrons. The first-order valence-corrected chi connectivity index (χ1v) is 7.72. The van der Waals surface area contributed by atoms with Gasteiger partial charge in [0.2, 0.25) is 0 Å². The van der Waals surface area contributed by atoms with E-state index >= 15 is 0 Å². The summed E-state index contributed by atoms with van der Waals surface area (Å²) in [6.45, 7) is 11.5. The molecule has 1 saturated heterocycles. The van der Waals surface area contributed by atoms with Crippen LogP contribution in [0.25, 0.3) is 0 Å². The molecule has 1 heterocycles. The lowest BCUT2D eigenvalue weighted by Crippen LogP contribution is -2.50. The Labute approximate surface area is 113 Å². The summed E-state index contributed by atoms with van der Waals surface area (Å²) in [5, 5.41) is 12.4. The van der Waals surface area contributed by atoms with E-state index < -0.39 is 0 Å². The molecule has 1 fully saturated rings. The van der Waals surface area contributed by atoms with Gasteiger partial charge in [-0.15, -0.1) is 0 Å². The van der Waals surface area contributed by atoms with E-state index in [0.29, 0.717) is 6.04 Å². The summed E-state index contributed by atoms with van der Waals surface area (Å²) in [6.07, 6.45) is 5.30. The molecule has 0 aromatic heterocycles. The van der Waals surface area contributed by atoms with Gasteiger partial charge in [0.25, 0.3) is 0 Å². The Balaban J connectivity index is 2.43. The third-order valence-electron chi connectivity index (χ3n) is 3.75. The Morgan fingerprint density at radius 2 is 2.11 bits per heavy atom. The molecule has 2 N–H and O–H groups in total. The summed E-state index contributed by atoms with van der Waals surface area (Å²) >= 11 is 0. The van der Waals surface area contributed by atoms with E-state index in [1.54, 1.807) is 0 Å². The minimum atomic E-state index is 0.250. The van der Waals surface area contributed by atoms with Crippen LogP contribution in [-0.2, 0) is 0 Å². The van der Waals surface area contributed by atoms with Crippen molar-refractivity contribution in [2.24, 2.45) is 11.8 Å². The first-order chi connectivity index (χ1) is 8.65. The number of nitrogens with one attached hydrogen (secondary N) is 1. The lowest BCUT2D eigenvalue weighted by atomic mass is 9.89. The van der Waals surface area contributed by atoms with Gasteiger partial charge >= 0.3 is 0 Å². The zero-order valence-electron chi connectivity index (χ0n) is 12.5. The van der Waals surface area contributed by atoms with E-state index in [4.69, 9.17) is 5.11 Å². The Morgan fingerprint density at radius 3 is 2.72 bits per heavy atom. The summed E-state index contributed by atoms with van der Waals surface area (Å²) < 4.78 is 0. The number of rotatable bonds is 8. The normalized spacial score (nSPS) is 25.8. The zero-order chi connectivity index (χ0) is 13.4. The summed E-state index contributed by atoms with van der Waals surface area (Å²) in [7, 11) is 0. The molecule has 0 aromatic carbocycles. The fraction of sp³-hybridized carbons (Fsp3) is 1.00. The molecule has 2 unspecified atom stereocenters. The van der Waals surface area contributed by atoms with Gasteiger partial charge in [0, 0.05) is 32.2 Å². The van der Waals surface area contributed by atoms with Gasteiger partial charge in [-0.25, -0.2) is 0 Å². The average molecular weight is 256 g/mol. The second-order valence-electron chi connectivity index (χ2n) is 6.23. The molecule has 0 aromatic rings. The first kappa shape index (κ1) is 15.9. The number of hydrogen-bond donors (Lipinski definition) is 2. The van der Waals surface area contributed by atoms with Crippen LogP contribution in [0.5, 0.6) is 0 Å². The van der Waals surface area contributed by atoms with Crippen molar-refractivity contribution in [1.29, 1.82) is 0 Å². The Morgan fingerprint density at radius 1 is 1.33 bits per heavy atom. The molecule has 3 nitrogen and oxygen atoms in total. The van der Waals surface area contributed by atoms with Gasteiger partial charge in [-0.2, -0.15) is 0 Å². The van der Waals surface area contributed by atoms with Crippen LogP contribution >= 0.6 is 0 Å². The number of nitrogens with zero attached hydrogens (tertiary/aromatic N) is 1. The zero-order valence-corrected chi connectivity index (χ0v) is 12.5. The van der Waals surface area contributed by atoms with Crippen molar-refractivity contribution < 1.29 is 5.11 Å². The molecule has 3 heteroatoms. The largest absolute Gasteiger partial charge is 0.395 e. The number of aliphatic hydroxyl groups excluding tert-OH is 1. The predicted octanol–water partition coefficient (Wildman–Crippen LogP) is 2.10. The molecule has 0 aliphatic carbocycles. The van der Waals surface area contributed by atoms with Crippen molar-refractivity contribution >= 4 is 0 Å². The summed E-state index contributed by atoms with van der Waals surface area (Å²) in [6, 6.07) is 0.575. The summed E-state index contributed by atoms with van der Waals surface area (Å²) in [5.41, 5.74) is 0. The minimum Gasteiger partial charge on any atom is -0.395 e. The van der Waals surface area contributed by atoms with Gasteiger partial charge in [-0.1, -0.05) is 33.6 Å². The van der Waals surface area contributed by atoms with E-state index in [-0.39, 0.29) is 6.61 Å². The van der Waals surface area contributed by atoms with Crippen LogP contribution in [0.4, 0.5) is 0 Å². The lowest BCUT2D eigenvalue weighted by molar-refractivity contribution is 0.119. The highest BCUT2D eigenvalue weighted by atomic mass is 16.3. The first-order valence-electron chi connectivity index (χ1n) is 7.72. The average Bonchev–Trinajstić information content (AvgIpc) is 2.33. The highest BCUT2D eigenvalue weighted by Crippen LogP contribution is 2.22. The van der Waals surface area contributed by atoms with Crippen LogP contribution in [0.1, 0.15) is 46.5 Å². The second kappa shape index (κ2) is 8.89. The van der Waals surface area contributed by atoms with E-state index in [0.717, 1.165) is 24.9 Å². The Bertz CT molecular complexity index is 193. The number of aliphatic hydroxyl groups is 1. The third kappa shape index (κ3) is 6.17. The minimum absolute atomic E-state index is 0.250. The molecule has 0 spiro atoms. The molecule has 0 bridgehead atoms. The van der Waals surface area contributed by atoms with Crippen molar-refractivity contribution in [3.05, 3.63) is 0 Å². The Hall–Kier alpha value is -0.120. The number of hydrogen-bond acceptors (Lipinski definition) is 3. The predicted molar refractivity (Wildman–Crippen MR) is 77.8 cm³/mol. The molecule has 2 atom stereocenters. The number of likely N-dealkylation sites (tertiary alicyclic amines) is 1. The molecule has 1 rings (SSSR count). The van der Waals surface area contributed by atoms with Gasteiger partial charge in [0.15, 0.2) is 0 Å². The lowest BCUT2D eigenvalue weighted by Gasteiger charge is -2.39. The second-order valence-corrected chi connectivity index (χ2v) is 6.23. The van der Waals surface area contributed by atoms with Crippen molar-refractivity contribution in [3.63, 3.8) is 0 Å². The van der Waals surface area contributed by atoms with Gasteiger partial charge in [-0.05, 0) is 24.7 Å². The van der Waals surface area contributed by atoms with Crippen LogP contribution in [0, 0.1) is 11.8 Å². The van der Waals surface area contributed by atoms with Crippen molar-refractivity contribution in [2.75, 3.05) is 32.8 Å². The monoisotopic (exact) mass is 256 g/mol. The standard InChI is InChI=1S/C15H32N2O/c1-4-5-6-14-9-15(16-7-8-18)12-17(11-14)10-13(2)3/h13-16,18H,4-12H2,1-3H3. The topological polar surface area (TPSA) is 35.5 Å². The summed E-state index contributed by atoms with van der Waals surface area (Å²) in [4.78, 5) is 2.61. The molecular weight excluding hydrogens is 224 g/mol. The maximum absolute atomic E-state index is 8.94. The maximum Gasteiger partial charge on any atom is 0.0556 e. The smallest absolute Gasteiger partial charge is 0.0556 e. The van der Waals surface area contributed by atoms with Crippen LogP contribution in [0.15, 0.2) is 0 Å². The molecule has 0 radical (unpaired) electrons. The molecule has 1 aliphatic heterocycles. The molecule has 0 amide bonds. The van der Waals surface area contributed by atoms with Crippen LogP contribution in [0.3, 0.4) is 0 Å². The van der Waals surface area contributed by atoms with Crippen molar-refractivity contribution in [3.8, 4) is 0 Å². The van der Waals surface area contributed by atoms with E-state index in [9.17, 15) is 0 Å². The molecule has 1 aliphatic rings. The van der Waals surface area contributed by atoms with Crippen LogP contribution in [0.2, 0.25) is 0 Å². The van der Waals surface area contributed by atoms with Crippen molar-refractivity contribution in [2.45, 2.75) is 52.5 Å². The van der Waals surface area contributed by atoms with Crippen LogP contribution < -0.4 is 5.32 Å². The molecule has 18 heavy (non-hydrogen) atoms. The SMILES string of the molecule is CCCCC1CC(NCCO)CN(CC(C)C)C1. The van der Waals surface area contributed by atoms with Gasteiger partial charge in [-0.3, -0.25) is 0 Å². The summed E-state index contributed by atoms with van der Waals surface area (Å²) in [5.74, 6) is 1.59. The number of piperidine rings is 1. The quantitative estimate of drug-likeness (QED) is 0.698. The van der Waals surface area contributed by atoms with Crippen LogP contribution in [-0.4, -0.2) is 48.8 Å². The van der Waals surface area contributed by atoms with E-state index in [2.05, 4.69) is 31.0 Å². The highest BCUT2D eigenvalue weighted by Gasteiger charge is 2.26. The van der Waals surface area contributed by atoms with E-state index in [1.165, 1.54) is 38.8 Å². The van der Waals surface area contributed by atoms with E-state index in [1.807, 2.05) is 0 Å². The van der Waals surface area contributed by atoms with Crippen molar-refractivity contribution in [1.82, 2.24) is 10.2 Å². The van der Waals surface area contributed by atoms with Gasteiger partial charge in [0.1, 0.15) is 0 Å². The highest BCUT2D eigenvalue weighted by molar-refractivity contribution is 4.83. The fourth-order valence-electron chi connectivity index (χ4n) is 3.09. The molecule has 0 saturated carbocycles. The third-order valence-corrected chi connectivity index (χ3v) is 3.75. The van der Waals surface area contributed by atoms with Gasteiger partial charge in [0.05, 0.1) is 6.61 Å². The van der Waals surface area contributed by atoms with Gasteiger partial charge < -0.3 is 15.3 Å². The number of unbranched alkanes of at least 4 members (excludes halogenated alkanes) is 1. The fourth-order valence-corrected chi connectivity index (χ4v) is 3.09.